The highest BCUT2D eigenvalue weighted by Gasteiger charge is 2.17. The van der Waals surface area contributed by atoms with Crippen LogP contribution in [0, 0.1) is 0 Å². The van der Waals surface area contributed by atoms with Gasteiger partial charge in [-0.25, -0.2) is 18.1 Å². The first-order valence-electron chi connectivity index (χ1n) is 5.51. The molecule has 2 rings (SSSR count). The van der Waals surface area contributed by atoms with E-state index in [4.69, 9.17) is 11.6 Å². The van der Waals surface area contributed by atoms with Gasteiger partial charge < -0.3 is 4.74 Å². The van der Waals surface area contributed by atoms with Gasteiger partial charge in [0.2, 0.25) is 0 Å². The maximum Gasteiger partial charge on any atom is 0.387 e. The van der Waals surface area contributed by atoms with Gasteiger partial charge in [0.25, 0.3) is 10.0 Å². The van der Waals surface area contributed by atoms with Gasteiger partial charge in [-0.2, -0.15) is 8.78 Å². The Balaban J connectivity index is 1.99. The topological polar surface area (TPSA) is 68.3 Å². The van der Waals surface area contributed by atoms with Crippen LogP contribution in [0.2, 0.25) is 4.47 Å². The molecule has 2 aromatic rings. The monoisotopic (exact) mass is 354 g/mol. The first kappa shape index (κ1) is 16.1. The van der Waals surface area contributed by atoms with Crippen LogP contribution in [-0.2, 0) is 16.6 Å². The number of thiazole rings is 1. The van der Waals surface area contributed by atoms with E-state index >= 15 is 0 Å². The highest BCUT2D eigenvalue weighted by molar-refractivity contribution is 7.91. The van der Waals surface area contributed by atoms with Gasteiger partial charge in [0, 0.05) is 6.54 Å². The van der Waals surface area contributed by atoms with Crippen LogP contribution in [0.3, 0.4) is 0 Å². The van der Waals surface area contributed by atoms with Crippen LogP contribution in [0.1, 0.15) is 5.56 Å². The van der Waals surface area contributed by atoms with Gasteiger partial charge in [0.15, 0.2) is 8.68 Å². The lowest BCUT2D eigenvalue weighted by Crippen LogP contribution is -2.22. The van der Waals surface area contributed by atoms with Crippen LogP contribution < -0.4 is 9.46 Å². The van der Waals surface area contributed by atoms with Crippen molar-refractivity contribution in [3.63, 3.8) is 0 Å². The van der Waals surface area contributed by atoms with Crippen molar-refractivity contribution in [3.8, 4) is 5.75 Å². The quantitative estimate of drug-likeness (QED) is 0.866. The highest BCUT2D eigenvalue weighted by atomic mass is 35.5. The summed E-state index contributed by atoms with van der Waals surface area (Å²) in [4.78, 5) is 3.65. The summed E-state index contributed by atoms with van der Waals surface area (Å²) in [5, 5.41) is 0. The molecule has 0 saturated heterocycles. The van der Waals surface area contributed by atoms with E-state index in [2.05, 4.69) is 14.4 Å². The molecule has 0 bridgehead atoms. The first-order chi connectivity index (χ1) is 9.87. The molecule has 1 heterocycles. The molecule has 0 aliphatic heterocycles. The SMILES string of the molecule is O=S(=O)(NCc1ccc(OC(F)F)cc1)c1cnc(Cl)s1. The van der Waals surface area contributed by atoms with Gasteiger partial charge >= 0.3 is 6.61 Å². The third kappa shape index (κ3) is 4.60. The number of hydrogen-bond donors (Lipinski definition) is 1. The van der Waals surface area contributed by atoms with Crippen molar-refractivity contribution in [2.45, 2.75) is 17.4 Å². The molecule has 0 saturated carbocycles. The summed E-state index contributed by atoms with van der Waals surface area (Å²) in [6.45, 7) is -2.89. The van der Waals surface area contributed by atoms with E-state index in [0.29, 0.717) is 5.56 Å². The minimum Gasteiger partial charge on any atom is -0.435 e. The minimum atomic E-state index is -3.70. The van der Waals surface area contributed by atoms with Crippen molar-refractivity contribution >= 4 is 33.0 Å². The van der Waals surface area contributed by atoms with Crippen LogP contribution in [0.15, 0.2) is 34.7 Å². The smallest absolute Gasteiger partial charge is 0.387 e. The third-order valence-corrected chi connectivity index (χ3v) is 5.31. The Labute approximate surface area is 128 Å². The number of rotatable bonds is 6. The van der Waals surface area contributed by atoms with Gasteiger partial charge in [-0.1, -0.05) is 35.1 Å². The molecule has 0 unspecified atom stereocenters. The Morgan fingerprint density at radius 3 is 2.52 bits per heavy atom. The number of sulfonamides is 1. The van der Waals surface area contributed by atoms with E-state index in [9.17, 15) is 17.2 Å². The third-order valence-electron chi connectivity index (χ3n) is 2.34. The maximum absolute atomic E-state index is 12.0. The predicted octanol–water partition coefficient (Wildman–Crippen LogP) is 2.88. The molecule has 1 aromatic heterocycles. The lowest BCUT2D eigenvalue weighted by Gasteiger charge is -2.07. The number of halogens is 3. The summed E-state index contributed by atoms with van der Waals surface area (Å²) in [7, 11) is -3.70. The maximum atomic E-state index is 12.0. The molecule has 10 heteroatoms. The van der Waals surface area contributed by atoms with E-state index in [0.717, 1.165) is 17.5 Å². The van der Waals surface area contributed by atoms with Crippen molar-refractivity contribution in [1.29, 1.82) is 0 Å². The van der Waals surface area contributed by atoms with Gasteiger partial charge in [-0.15, -0.1) is 0 Å². The minimum absolute atomic E-state index is 0.00477. The number of hydrogen-bond acceptors (Lipinski definition) is 5. The summed E-state index contributed by atoms with van der Waals surface area (Å²) in [6, 6.07) is 5.64. The molecule has 5 nitrogen and oxygen atoms in total. The second-order valence-corrected chi connectivity index (χ2v) is 7.39. The van der Waals surface area contributed by atoms with Crippen molar-refractivity contribution in [2.24, 2.45) is 0 Å². The average molecular weight is 355 g/mol. The summed E-state index contributed by atoms with van der Waals surface area (Å²) in [6.07, 6.45) is 1.16. The number of ether oxygens (including phenoxy) is 1. The average Bonchev–Trinajstić information content (AvgIpc) is 2.85. The fourth-order valence-corrected chi connectivity index (χ4v) is 3.76. The molecular weight excluding hydrogens is 346 g/mol. The summed E-state index contributed by atoms with van der Waals surface area (Å²) >= 11 is 6.42. The van der Waals surface area contributed by atoms with Crippen molar-refractivity contribution < 1.29 is 21.9 Å². The molecular formula is C11H9ClF2N2O3S2. The Kier molecular flexibility index (Phi) is 5.09. The number of alkyl halides is 2. The van der Waals surface area contributed by atoms with Crippen molar-refractivity contribution in [1.82, 2.24) is 9.71 Å². The summed E-state index contributed by atoms with van der Waals surface area (Å²) in [5.41, 5.74) is 0.593. The van der Waals surface area contributed by atoms with Gasteiger partial charge in [-0.05, 0) is 17.7 Å². The molecule has 1 aromatic carbocycles. The molecule has 0 aliphatic rings. The van der Waals surface area contributed by atoms with Crippen molar-refractivity contribution in [2.75, 3.05) is 0 Å². The van der Waals surface area contributed by atoms with Crippen LogP contribution in [0.25, 0.3) is 0 Å². The Morgan fingerprint density at radius 1 is 1.33 bits per heavy atom. The van der Waals surface area contributed by atoms with E-state index in [1.807, 2.05) is 0 Å². The van der Waals surface area contributed by atoms with E-state index < -0.39 is 16.6 Å². The normalized spacial score (nSPS) is 11.8. The van der Waals surface area contributed by atoms with Gasteiger partial charge in [-0.3, -0.25) is 0 Å². The zero-order valence-electron chi connectivity index (χ0n) is 10.3. The second kappa shape index (κ2) is 6.65. The van der Waals surface area contributed by atoms with Crippen LogP contribution in [0.4, 0.5) is 8.78 Å². The van der Waals surface area contributed by atoms with Gasteiger partial charge in [0.05, 0.1) is 6.20 Å². The fraction of sp³-hybridized carbons (Fsp3) is 0.182. The Hall–Kier alpha value is -1.29. The molecule has 0 radical (unpaired) electrons. The van der Waals surface area contributed by atoms with Crippen molar-refractivity contribution in [3.05, 3.63) is 40.5 Å². The molecule has 21 heavy (non-hydrogen) atoms. The number of nitrogens with zero attached hydrogens (tertiary/aromatic N) is 1. The number of aromatic nitrogens is 1. The van der Waals surface area contributed by atoms with Gasteiger partial charge in [0.1, 0.15) is 5.75 Å². The molecule has 0 spiro atoms. The molecule has 114 valence electrons. The van der Waals surface area contributed by atoms with Crippen LogP contribution in [0.5, 0.6) is 5.75 Å². The van der Waals surface area contributed by atoms with Crippen LogP contribution >= 0.6 is 22.9 Å². The molecule has 0 amide bonds. The lowest BCUT2D eigenvalue weighted by atomic mass is 10.2. The zero-order chi connectivity index (χ0) is 15.5. The Bertz CT molecular complexity index is 705. The van der Waals surface area contributed by atoms with E-state index in [1.165, 1.54) is 24.3 Å². The van der Waals surface area contributed by atoms with E-state index in [1.54, 1.807) is 0 Å². The second-order valence-electron chi connectivity index (χ2n) is 3.78. The summed E-state index contributed by atoms with van der Waals surface area (Å²) < 4.78 is 54.5. The molecule has 0 aliphatic carbocycles. The summed E-state index contributed by atoms with van der Waals surface area (Å²) in [5.74, 6) is 0.00541. The first-order valence-corrected chi connectivity index (χ1v) is 8.19. The standard InChI is InChI=1S/C11H9ClF2N2O3S2/c12-10-15-6-9(20-10)21(17,18)16-5-7-1-3-8(4-2-7)19-11(13)14/h1-4,6,11,16H,5H2. The molecule has 0 fully saturated rings. The number of nitrogens with one attached hydrogen (secondary N) is 1. The zero-order valence-corrected chi connectivity index (χ0v) is 12.7. The molecule has 0 atom stereocenters. The van der Waals surface area contributed by atoms with E-state index in [-0.39, 0.29) is 21.0 Å². The predicted molar refractivity (Wildman–Crippen MR) is 74.2 cm³/mol. The van der Waals surface area contributed by atoms with Crippen LogP contribution in [-0.4, -0.2) is 20.0 Å². The Morgan fingerprint density at radius 2 is 2.00 bits per heavy atom. The number of benzene rings is 1. The largest absolute Gasteiger partial charge is 0.435 e. The fourth-order valence-electron chi connectivity index (χ4n) is 1.40. The molecule has 1 N–H and O–H groups in total. The lowest BCUT2D eigenvalue weighted by molar-refractivity contribution is -0.0498. The highest BCUT2D eigenvalue weighted by Crippen LogP contribution is 2.22.